The Morgan fingerprint density at radius 3 is 2.66 bits per heavy atom. The van der Waals surface area contributed by atoms with Crippen LogP contribution in [0.2, 0.25) is 0 Å². The van der Waals surface area contributed by atoms with Gasteiger partial charge in [-0.05, 0) is 37.1 Å². The van der Waals surface area contributed by atoms with Crippen LogP contribution in [0.1, 0.15) is 29.2 Å². The smallest absolute Gasteiger partial charge is 0.277 e. The molecule has 1 saturated heterocycles. The van der Waals surface area contributed by atoms with Crippen LogP contribution in [0.25, 0.3) is 0 Å². The van der Waals surface area contributed by atoms with Gasteiger partial charge in [0.25, 0.3) is 5.91 Å². The van der Waals surface area contributed by atoms with Crippen molar-refractivity contribution in [3.05, 3.63) is 60.6 Å². The first-order valence-electron chi connectivity index (χ1n) is 9.78. The Hall–Kier alpha value is -2.55. The van der Waals surface area contributed by atoms with Crippen LogP contribution in [0.4, 0.5) is 10.1 Å². The lowest BCUT2D eigenvalue weighted by atomic mass is 10.1. The van der Waals surface area contributed by atoms with Crippen LogP contribution >= 0.6 is 0 Å². The summed E-state index contributed by atoms with van der Waals surface area (Å²) in [6.45, 7) is 8.29. The fourth-order valence-electron chi connectivity index (χ4n) is 3.24. The Morgan fingerprint density at radius 2 is 1.97 bits per heavy atom. The minimum absolute atomic E-state index is 0.188. The van der Waals surface area contributed by atoms with Gasteiger partial charge in [0, 0.05) is 38.4 Å². The molecule has 0 saturated carbocycles. The number of rotatable bonds is 9. The number of allylic oxidation sites excluding steroid dienone is 1. The molecule has 1 aliphatic rings. The van der Waals surface area contributed by atoms with E-state index in [1.165, 1.54) is 30.5 Å². The van der Waals surface area contributed by atoms with E-state index >= 15 is 0 Å². The van der Waals surface area contributed by atoms with Crippen molar-refractivity contribution < 1.29 is 18.7 Å². The van der Waals surface area contributed by atoms with E-state index in [9.17, 15) is 14.3 Å². The Kier molecular flexibility index (Phi) is 7.51. The van der Waals surface area contributed by atoms with Crippen LogP contribution in [0.5, 0.6) is 0 Å². The zero-order chi connectivity index (χ0) is 20.6. The predicted molar refractivity (Wildman–Crippen MR) is 108 cm³/mol. The van der Waals surface area contributed by atoms with Crippen LogP contribution < -0.4 is 5.32 Å². The van der Waals surface area contributed by atoms with Crippen molar-refractivity contribution in [2.75, 3.05) is 38.0 Å². The summed E-state index contributed by atoms with van der Waals surface area (Å²) in [6.07, 6.45) is 4.39. The first kappa shape index (κ1) is 21.2. The topological polar surface area (TPSA) is 81.8 Å². The number of hydrogen-bond acceptors (Lipinski definition) is 6. The lowest BCUT2D eigenvalue weighted by Gasteiger charge is -2.34. The van der Waals surface area contributed by atoms with Crippen molar-refractivity contribution in [2.45, 2.75) is 25.5 Å². The Labute approximate surface area is 169 Å². The Bertz CT molecular complexity index is 801. The summed E-state index contributed by atoms with van der Waals surface area (Å²) in [7, 11) is 0. The lowest BCUT2D eigenvalue weighted by molar-refractivity contribution is 0.0642. The average Bonchev–Trinajstić information content (AvgIpc) is 3.18. The highest BCUT2D eigenvalue weighted by Crippen LogP contribution is 2.13. The van der Waals surface area contributed by atoms with Crippen molar-refractivity contribution in [3.8, 4) is 0 Å². The molecule has 0 unspecified atom stereocenters. The fraction of sp³-hybridized carbons (Fsp3) is 0.429. The first-order valence-corrected chi connectivity index (χ1v) is 9.78. The second kappa shape index (κ2) is 10.3. The third-order valence-electron chi connectivity index (χ3n) is 4.88. The molecule has 1 fully saturated rings. The third kappa shape index (κ3) is 6.49. The zero-order valence-corrected chi connectivity index (χ0v) is 16.4. The number of aliphatic hydroxyl groups excluding tert-OH is 1. The monoisotopic (exact) mass is 402 g/mol. The molecular weight excluding hydrogens is 375 g/mol. The van der Waals surface area contributed by atoms with Gasteiger partial charge in [-0.1, -0.05) is 6.08 Å². The maximum Gasteiger partial charge on any atom is 0.277 e. The molecule has 0 spiro atoms. The number of halogens is 1. The molecular formula is C21H27FN4O3. The highest BCUT2D eigenvalue weighted by molar-refractivity contribution is 6.02. The van der Waals surface area contributed by atoms with Gasteiger partial charge in [0.05, 0.1) is 12.6 Å². The van der Waals surface area contributed by atoms with E-state index in [0.29, 0.717) is 24.7 Å². The number of benzene rings is 1. The SMILES string of the molecule is C=CCC[C@H](O)CN1CCN(Cc2nc(C(=O)Nc3ccc(F)cc3)co2)CC1. The van der Waals surface area contributed by atoms with Gasteiger partial charge in [-0.3, -0.25) is 14.6 Å². The summed E-state index contributed by atoms with van der Waals surface area (Å²) in [5.74, 6) is -0.281. The molecule has 1 aromatic heterocycles. The number of nitrogens with zero attached hydrogens (tertiary/aromatic N) is 3. The number of carbonyl (C=O) groups excluding carboxylic acids is 1. The Morgan fingerprint density at radius 1 is 1.28 bits per heavy atom. The average molecular weight is 402 g/mol. The van der Waals surface area contributed by atoms with Gasteiger partial charge >= 0.3 is 0 Å². The largest absolute Gasteiger partial charge is 0.447 e. The molecule has 2 heterocycles. The van der Waals surface area contributed by atoms with Crippen LogP contribution in [0.3, 0.4) is 0 Å². The van der Waals surface area contributed by atoms with Gasteiger partial charge < -0.3 is 14.8 Å². The lowest BCUT2D eigenvalue weighted by Crippen LogP contribution is -2.48. The van der Waals surface area contributed by atoms with Gasteiger partial charge in [-0.15, -0.1) is 6.58 Å². The maximum absolute atomic E-state index is 12.9. The van der Waals surface area contributed by atoms with Gasteiger partial charge in [0.1, 0.15) is 12.1 Å². The Balaban J connectivity index is 1.44. The minimum atomic E-state index is -0.398. The van der Waals surface area contributed by atoms with Crippen LogP contribution in [-0.2, 0) is 6.54 Å². The van der Waals surface area contributed by atoms with Crippen molar-refractivity contribution in [1.29, 1.82) is 0 Å². The zero-order valence-electron chi connectivity index (χ0n) is 16.4. The molecule has 1 amide bonds. The number of aliphatic hydroxyl groups is 1. The van der Waals surface area contributed by atoms with Crippen molar-refractivity contribution >= 4 is 11.6 Å². The van der Waals surface area contributed by atoms with Crippen LogP contribution in [0, 0.1) is 5.82 Å². The van der Waals surface area contributed by atoms with Gasteiger partial charge in [0.15, 0.2) is 5.69 Å². The van der Waals surface area contributed by atoms with Crippen LogP contribution in [0.15, 0.2) is 47.6 Å². The van der Waals surface area contributed by atoms with Crippen LogP contribution in [-0.4, -0.2) is 64.6 Å². The van der Waals surface area contributed by atoms with Crippen molar-refractivity contribution in [3.63, 3.8) is 0 Å². The predicted octanol–water partition coefficient (Wildman–Crippen LogP) is 2.51. The fourth-order valence-corrected chi connectivity index (χ4v) is 3.24. The number of oxazole rings is 1. The number of piperazine rings is 1. The maximum atomic E-state index is 12.9. The summed E-state index contributed by atoms with van der Waals surface area (Å²) < 4.78 is 18.4. The molecule has 1 aromatic carbocycles. The number of carbonyl (C=O) groups is 1. The first-order chi connectivity index (χ1) is 14.0. The molecule has 1 atom stereocenters. The van der Waals surface area contributed by atoms with E-state index in [1.807, 2.05) is 6.08 Å². The molecule has 0 radical (unpaired) electrons. The molecule has 7 nitrogen and oxygen atoms in total. The van der Waals surface area contributed by atoms with E-state index < -0.39 is 5.91 Å². The summed E-state index contributed by atoms with van der Waals surface area (Å²) in [5, 5.41) is 12.7. The van der Waals surface area contributed by atoms with E-state index in [-0.39, 0.29) is 17.6 Å². The number of amides is 1. The molecule has 8 heteroatoms. The van der Waals surface area contributed by atoms with Gasteiger partial charge in [-0.2, -0.15) is 0 Å². The van der Waals surface area contributed by atoms with Gasteiger partial charge in [0.2, 0.25) is 5.89 Å². The van der Waals surface area contributed by atoms with Crippen molar-refractivity contribution in [1.82, 2.24) is 14.8 Å². The molecule has 2 N–H and O–H groups in total. The van der Waals surface area contributed by atoms with Crippen molar-refractivity contribution in [2.24, 2.45) is 0 Å². The molecule has 29 heavy (non-hydrogen) atoms. The number of hydrogen-bond donors (Lipinski definition) is 2. The highest BCUT2D eigenvalue weighted by Gasteiger charge is 2.21. The van der Waals surface area contributed by atoms with E-state index in [0.717, 1.165) is 39.0 Å². The molecule has 3 rings (SSSR count). The summed E-state index contributed by atoms with van der Waals surface area (Å²) in [5.41, 5.74) is 0.681. The standard InChI is InChI=1S/C21H27FN4O3/c1-2-3-4-18(27)13-25-9-11-26(12-10-25)14-20-24-19(15-29-20)21(28)23-17-7-5-16(22)6-8-17/h2,5-8,15,18,27H,1,3-4,9-14H2,(H,23,28)/t18-/m0/s1. The number of β-amino-alcohol motifs (C(OH)–C–C–N with tert-alkyl or cyclic N) is 1. The molecule has 0 bridgehead atoms. The second-order valence-corrected chi connectivity index (χ2v) is 7.18. The number of aromatic nitrogens is 1. The summed E-state index contributed by atoms with van der Waals surface area (Å²) in [4.78, 5) is 21.0. The summed E-state index contributed by atoms with van der Waals surface area (Å²) in [6, 6.07) is 5.54. The second-order valence-electron chi connectivity index (χ2n) is 7.18. The molecule has 2 aromatic rings. The normalized spacial score (nSPS) is 16.5. The van der Waals surface area contributed by atoms with E-state index in [4.69, 9.17) is 4.42 Å². The molecule has 1 aliphatic heterocycles. The number of anilines is 1. The van der Waals surface area contributed by atoms with Gasteiger partial charge in [-0.25, -0.2) is 9.37 Å². The minimum Gasteiger partial charge on any atom is -0.447 e. The highest BCUT2D eigenvalue weighted by atomic mass is 19.1. The van der Waals surface area contributed by atoms with E-state index in [1.54, 1.807) is 0 Å². The third-order valence-corrected chi connectivity index (χ3v) is 4.88. The number of nitrogens with one attached hydrogen (secondary N) is 1. The molecule has 0 aliphatic carbocycles. The quantitative estimate of drug-likeness (QED) is 0.628. The molecule has 156 valence electrons. The van der Waals surface area contributed by atoms with E-state index in [2.05, 4.69) is 26.7 Å². The summed E-state index contributed by atoms with van der Waals surface area (Å²) >= 11 is 0.